The Morgan fingerprint density at radius 2 is 2.06 bits per heavy atom. The van der Waals surface area contributed by atoms with Gasteiger partial charge in [-0.15, -0.1) is 0 Å². The molecule has 0 bridgehead atoms. The second-order valence-electron chi connectivity index (χ2n) is 4.61. The number of carbonyl (C=O) groups excluding carboxylic acids is 1. The van der Waals surface area contributed by atoms with Crippen LogP contribution in [0.5, 0.6) is 0 Å². The molecule has 6 heteroatoms. The number of aliphatic hydroxyl groups excluding tert-OH is 1. The standard InChI is InChI=1S/C11H18F3NO2/c1-8-3-2-4-9(8)10(17)15(5-6-16)7-11(12,13)14/h8-9,16H,2-7H2,1H3. The monoisotopic (exact) mass is 253 g/mol. The molecule has 0 aromatic rings. The molecule has 1 aliphatic carbocycles. The Morgan fingerprint density at radius 1 is 1.41 bits per heavy atom. The van der Waals surface area contributed by atoms with Crippen molar-refractivity contribution >= 4 is 5.91 Å². The molecule has 0 aromatic carbocycles. The highest BCUT2D eigenvalue weighted by atomic mass is 19.4. The summed E-state index contributed by atoms with van der Waals surface area (Å²) >= 11 is 0. The number of hydrogen-bond acceptors (Lipinski definition) is 2. The fourth-order valence-electron chi connectivity index (χ4n) is 2.35. The first kappa shape index (κ1) is 14.3. The van der Waals surface area contributed by atoms with Crippen molar-refractivity contribution in [1.82, 2.24) is 4.90 Å². The normalized spacial score (nSPS) is 25.0. The van der Waals surface area contributed by atoms with Gasteiger partial charge in [-0.2, -0.15) is 13.2 Å². The second-order valence-corrected chi connectivity index (χ2v) is 4.61. The summed E-state index contributed by atoms with van der Waals surface area (Å²) in [6.07, 6.45) is -1.99. The fourth-order valence-corrected chi connectivity index (χ4v) is 2.35. The third kappa shape index (κ3) is 4.18. The van der Waals surface area contributed by atoms with Gasteiger partial charge in [-0.05, 0) is 18.8 Å². The van der Waals surface area contributed by atoms with Crippen LogP contribution in [0.4, 0.5) is 13.2 Å². The zero-order chi connectivity index (χ0) is 13.1. The average Bonchev–Trinajstić information content (AvgIpc) is 2.61. The van der Waals surface area contributed by atoms with Crippen LogP contribution in [0.15, 0.2) is 0 Å². The van der Waals surface area contributed by atoms with E-state index in [0.717, 1.165) is 17.7 Å². The van der Waals surface area contributed by atoms with Crippen LogP contribution in [0, 0.1) is 11.8 Å². The molecule has 1 amide bonds. The summed E-state index contributed by atoms with van der Waals surface area (Å²) in [7, 11) is 0. The SMILES string of the molecule is CC1CCCC1C(=O)N(CCO)CC(F)(F)F. The van der Waals surface area contributed by atoms with Crippen LogP contribution in [-0.2, 0) is 4.79 Å². The number of alkyl halides is 3. The van der Waals surface area contributed by atoms with Gasteiger partial charge >= 0.3 is 6.18 Å². The summed E-state index contributed by atoms with van der Waals surface area (Å²) in [4.78, 5) is 12.7. The van der Waals surface area contributed by atoms with E-state index in [1.54, 1.807) is 0 Å². The van der Waals surface area contributed by atoms with E-state index in [4.69, 9.17) is 5.11 Å². The van der Waals surface area contributed by atoms with Crippen molar-refractivity contribution < 1.29 is 23.1 Å². The summed E-state index contributed by atoms with van der Waals surface area (Å²) in [5, 5.41) is 8.73. The van der Waals surface area contributed by atoms with E-state index < -0.39 is 25.2 Å². The van der Waals surface area contributed by atoms with Crippen LogP contribution in [0.2, 0.25) is 0 Å². The predicted octanol–water partition coefficient (Wildman–Crippen LogP) is 1.81. The van der Waals surface area contributed by atoms with E-state index in [-0.39, 0.29) is 18.4 Å². The van der Waals surface area contributed by atoms with Crippen LogP contribution in [-0.4, -0.2) is 41.8 Å². The third-order valence-corrected chi connectivity index (χ3v) is 3.23. The molecule has 1 rings (SSSR count). The lowest BCUT2D eigenvalue weighted by Gasteiger charge is -2.27. The first-order valence-electron chi connectivity index (χ1n) is 5.81. The highest BCUT2D eigenvalue weighted by Crippen LogP contribution is 2.33. The van der Waals surface area contributed by atoms with Crippen LogP contribution in [0.3, 0.4) is 0 Å². The lowest BCUT2D eigenvalue weighted by atomic mass is 9.96. The molecule has 0 radical (unpaired) electrons. The Morgan fingerprint density at radius 3 is 2.47 bits per heavy atom. The Kier molecular flexibility index (Phi) is 4.80. The largest absolute Gasteiger partial charge is 0.406 e. The van der Waals surface area contributed by atoms with Crippen molar-refractivity contribution in [3.05, 3.63) is 0 Å². The van der Waals surface area contributed by atoms with Gasteiger partial charge in [0.1, 0.15) is 6.54 Å². The molecule has 0 spiro atoms. The summed E-state index contributed by atoms with van der Waals surface area (Å²) in [6.45, 7) is -0.0691. The van der Waals surface area contributed by atoms with E-state index >= 15 is 0 Å². The number of rotatable bonds is 4. The fraction of sp³-hybridized carbons (Fsp3) is 0.909. The maximum absolute atomic E-state index is 12.3. The Hall–Kier alpha value is -0.780. The number of amides is 1. The number of aliphatic hydroxyl groups is 1. The zero-order valence-corrected chi connectivity index (χ0v) is 9.83. The Balaban J connectivity index is 2.66. The van der Waals surface area contributed by atoms with Gasteiger partial charge in [-0.1, -0.05) is 13.3 Å². The molecule has 0 heterocycles. The van der Waals surface area contributed by atoms with Gasteiger partial charge in [0, 0.05) is 12.5 Å². The highest BCUT2D eigenvalue weighted by molar-refractivity contribution is 5.79. The molecule has 2 unspecified atom stereocenters. The molecule has 3 nitrogen and oxygen atoms in total. The molecule has 1 aliphatic rings. The molecule has 0 aliphatic heterocycles. The van der Waals surface area contributed by atoms with Gasteiger partial charge in [0.05, 0.1) is 6.61 Å². The van der Waals surface area contributed by atoms with E-state index in [0.29, 0.717) is 6.42 Å². The molecule has 0 saturated heterocycles. The number of hydrogen-bond donors (Lipinski definition) is 1. The topological polar surface area (TPSA) is 40.5 Å². The lowest BCUT2D eigenvalue weighted by molar-refractivity contribution is -0.165. The van der Waals surface area contributed by atoms with Gasteiger partial charge in [0.15, 0.2) is 0 Å². The van der Waals surface area contributed by atoms with Crippen LogP contribution in [0.1, 0.15) is 26.2 Å². The molecule has 1 saturated carbocycles. The number of carbonyl (C=O) groups is 1. The predicted molar refractivity (Wildman–Crippen MR) is 56.2 cm³/mol. The third-order valence-electron chi connectivity index (χ3n) is 3.23. The van der Waals surface area contributed by atoms with Gasteiger partial charge in [-0.25, -0.2) is 0 Å². The molecular weight excluding hydrogens is 235 g/mol. The minimum atomic E-state index is -4.41. The molecule has 17 heavy (non-hydrogen) atoms. The van der Waals surface area contributed by atoms with Crippen LogP contribution >= 0.6 is 0 Å². The van der Waals surface area contributed by atoms with Gasteiger partial charge in [-0.3, -0.25) is 4.79 Å². The first-order chi connectivity index (χ1) is 7.85. The Labute approximate surface area is 98.6 Å². The second kappa shape index (κ2) is 5.71. The van der Waals surface area contributed by atoms with Gasteiger partial charge in [0.25, 0.3) is 0 Å². The summed E-state index contributed by atoms with van der Waals surface area (Å²) < 4.78 is 36.9. The average molecular weight is 253 g/mol. The molecular formula is C11H18F3NO2. The van der Waals surface area contributed by atoms with E-state index in [2.05, 4.69) is 0 Å². The van der Waals surface area contributed by atoms with Crippen molar-refractivity contribution in [2.45, 2.75) is 32.4 Å². The van der Waals surface area contributed by atoms with E-state index in [1.807, 2.05) is 6.92 Å². The molecule has 100 valence electrons. The van der Waals surface area contributed by atoms with Crippen molar-refractivity contribution in [3.63, 3.8) is 0 Å². The number of nitrogens with zero attached hydrogens (tertiary/aromatic N) is 1. The Bertz CT molecular complexity index is 268. The summed E-state index contributed by atoms with van der Waals surface area (Å²) in [5.74, 6) is -0.651. The van der Waals surface area contributed by atoms with Gasteiger partial charge < -0.3 is 10.0 Å². The maximum Gasteiger partial charge on any atom is 0.406 e. The highest BCUT2D eigenvalue weighted by Gasteiger charge is 2.38. The van der Waals surface area contributed by atoms with Crippen molar-refractivity contribution in [2.75, 3.05) is 19.7 Å². The van der Waals surface area contributed by atoms with E-state index in [9.17, 15) is 18.0 Å². The van der Waals surface area contributed by atoms with Crippen molar-refractivity contribution in [2.24, 2.45) is 11.8 Å². The zero-order valence-electron chi connectivity index (χ0n) is 9.83. The lowest BCUT2D eigenvalue weighted by Crippen LogP contribution is -2.44. The number of halogens is 3. The van der Waals surface area contributed by atoms with Crippen molar-refractivity contribution in [1.29, 1.82) is 0 Å². The van der Waals surface area contributed by atoms with E-state index in [1.165, 1.54) is 0 Å². The first-order valence-corrected chi connectivity index (χ1v) is 5.81. The van der Waals surface area contributed by atoms with Crippen molar-refractivity contribution in [3.8, 4) is 0 Å². The summed E-state index contributed by atoms with van der Waals surface area (Å²) in [5.41, 5.74) is 0. The summed E-state index contributed by atoms with van der Waals surface area (Å²) in [6, 6.07) is 0. The quantitative estimate of drug-likeness (QED) is 0.830. The molecule has 1 N–H and O–H groups in total. The minimum absolute atomic E-state index is 0.136. The van der Waals surface area contributed by atoms with Gasteiger partial charge in [0.2, 0.25) is 5.91 Å². The maximum atomic E-state index is 12.3. The van der Waals surface area contributed by atoms with Crippen LogP contribution in [0.25, 0.3) is 0 Å². The van der Waals surface area contributed by atoms with Crippen LogP contribution < -0.4 is 0 Å². The minimum Gasteiger partial charge on any atom is -0.395 e. The molecule has 2 atom stereocenters. The molecule has 1 fully saturated rings. The smallest absolute Gasteiger partial charge is 0.395 e. The molecule has 0 aromatic heterocycles.